The molecule has 30 heavy (non-hydrogen) atoms. The number of benzene rings is 1. The van der Waals surface area contributed by atoms with Crippen LogP contribution in [0.5, 0.6) is 5.75 Å². The summed E-state index contributed by atoms with van der Waals surface area (Å²) in [6, 6.07) is 7.20. The molecule has 3 amide bonds. The molecule has 3 rings (SSSR count). The van der Waals surface area contributed by atoms with E-state index in [1.165, 1.54) is 11.3 Å². The van der Waals surface area contributed by atoms with Gasteiger partial charge in [-0.2, -0.15) is 0 Å². The van der Waals surface area contributed by atoms with E-state index in [0.717, 1.165) is 10.4 Å². The molecule has 1 aromatic heterocycles. The first-order valence-electron chi connectivity index (χ1n) is 9.92. The van der Waals surface area contributed by atoms with Crippen LogP contribution in [-0.4, -0.2) is 42.8 Å². The van der Waals surface area contributed by atoms with Gasteiger partial charge in [0.15, 0.2) is 0 Å². The van der Waals surface area contributed by atoms with Gasteiger partial charge >= 0.3 is 0 Å². The van der Waals surface area contributed by atoms with E-state index in [2.05, 4.69) is 10.6 Å². The number of carbonyl (C=O) groups is 3. The highest BCUT2D eigenvalue weighted by molar-refractivity contribution is 7.16. The van der Waals surface area contributed by atoms with Crippen molar-refractivity contribution in [1.29, 1.82) is 0 Å². The zero-order chi connectivity index (χ0) is 21.8. The van der Waals surface area contributed by atoms with Gasteiger partial charge in [0.05, 0.1) is 18.4 Å². The van der Waals surface area contributed by atoms with Crippen LogP contribution in [0.1, 0.15) is 40.6 Å². The summed E-state index contributed by atoms with van der Waals surface area (Å²) < 4.78 is 5.31. The third kappa shape index (κ3) is 4.64. The van der Waals surface area contributed by atoms with Gasteiger partial charge < -0.3 is 20.3 Å². The van der Waals surface area contributed by atoms with E-state index < -0.39 is 0 Å². The average Bonchev–Trinajstić information content (AvgIpc) is 3.01. The van der Waals surface area contributed by atoms with Crippen molar-refractivity contribution in [2.75, 3.05) is 30.8 Å². The fourth-order valence-corrected chi connectivity index (χ4v) is 4.65. The number of hydrogen-bond acceptors (Lipinski definition) is 5. The minimum absolute atomic E-state index is 0.0358. The van der Waals surface area contributed by atoms with Gasteiger partial charge in [0.25, 0.3) is 5.91 Å². The summed E-state index contributed by atoms with van der Waals surface area (Å²) in [4.78, 5) is 40.1. The molecule has 2 N–H and O–H groups in total. The molecule has 1 aromatic carbocycles. The van der Waals surface area contributed by atoms with E-state index in [1.54, 1.807) is 31.1 Å². The summed E-state index contributed by atoms with van der Waals surface area (Å²) in [5, 5.41) is 6.41. The molecule has 0 spiro atoms. The Hall–Kier alpha value is -2.87. The van der Waals surface area contributed by atoms with Crippen LogP contribution in [-0.2, 0) is 9.59 Å². The summed E-state index contributed by atoms with van der Waals surface area (Å²) in [5.74, 6) is 0.0363. The minimum atomic E-state index is -0.289. The molecular formula is C22H27N3O4S. The van der Waals surface area contributed by atoms with E-state index in [4.69, 9.17) is 4.74 Å². The van der Waals surface area contributed by atoms with Crippen LogP contribution in [0, 0.1) is 19.8 Å². The number of aryl methyl sites for hydroxylation is 1. The maximum absolute atomic E-state index is 13.1. The van der Waals surface area contributed by atoms with Crippen LogP contribution in [0.25, 0.3) is 0 Å². The Kier molecular flexibility index (Phi) is 6.77. The van der Waals surface area contributed by atoms with Gasteiger partial charge in [-0.1, -0.05) is 12.1 Å². The number of carbonyl (C=O) groups excluding carboxylic acids is 3. The van der Waals surface area contributed by atoms with Crippen molar-refractivity contribution in [2.24, 2.45) is 5.92 Å². The number of rotatable bonds is 5. The number of nitrogens with zero attached hydrogens (tertiary/aromatic N) is 1. The van der Waals surface area contributed by atoms with Crippen LogP contribution in [0.15, 0.2) is 24.3 Å². The first-order chi connectivity index (χ1) is 14.3. The lowest BCUT2D eigenvalue weighted by molar-refractivity contribution is -0.132. The van der Waals surface area contributed by atoms with E-state index in [9.17, 15) is 14.4 Å². The lowest BCUT2D eigenvalue weighted by atomic mass is 9.96. The number of thiophene rings is 1. The summed E-state index contributed by atoms with van der Waals surface area (Å²) in [5.41, 5.74) is 1.88. The molecule has 0 atom stereocenters. The zero-order valence-corrected chi connectivity index (χ0v) is 18.5. The summed E-state index contributed by atoms with van der Waals surface area (Å²) in [6.07, 6.45) is 1.25. The Morgan fingerprint density at radius 3 is 2.40 bits per heavy atom. The third-order valence-electron chi connectivity index (χ3n) is 5.52. The number of nitrogens with one attached hydrogen (secondary N) is 2. The number of hydrogen-bond donors (Lipinski definition) is 2. The molecule has 0 unspecified atom stereocenters. The van der Waals surface area contributed by atoms with Gasteiger partial charge in [0, 0.05) is 30.8 Å². The lowest BCUT2D eigenvalue weighted by Gasteiger charge is -2.30. The van der Waals surface area contributed by atoms with Crippen molar-refractivity contribution in [3.63, 3.8) is 0 Å². The number of ether oxygens (including phenoxy) is 1. The fourth-order valence-electron chi connectivity index (χ4n) is 3.59. The fraction of sp³-hybridized carbons (Fsp3) is 0.409. The van der Waals surface area contributed by atoms with Gasteiger partial charge in [-0.25, -0.2) is 0 Å². The molecule has 160 valence electrons. The molecule has 0 bridgehead atoms. The standard InChI is InChI=1S/C22H27N3O4S/c1-13-14(2)30-22(24-20(27)16-9-11-25(12-10-16)15(3)26)19(13)21(28)23-17-7-5-6-8-18(17)29-4/h5-8,16H,9-12H2,1-4H3,(H,23,28)(H,24,27). The number of anilines is 2. The van der Waals surface area contributed by atoms with Crippen molar-refractivity contribution < 1.29 is 19.1 Å². The second-order valence-corrected chi connectivity index (χ2v) is 8.64. The summed E-state index contributed by atoms with van der Waals surface area (Å²) in [6.45, 7) is 6.52. The van der Waals surface area contributed by atoms with Gasteiger partial charge in [0.1, 0.15) is 10.8 Å². The number of likely N-dealkylation sites (tertiary alicyclic amines) is 1. The molecule has 0 radical (unpaired) electrons. The van der Waals surface area contributed by atoms with Crippen molar-refractivity contribution in [1.82, 2.24) is 4.90 Å². The molecule has 2 heterocycles. The van der Waals surface area contributed by atoms with E-state index in [1.807, 2.05) is 26.0 Å². The normalized spacial score (nSPS) is 14.3. The van der Waals surface area contributed by atoms with Gasteiger partial charge in [-0.15, -0.1) is 11.3 Å². The summed E-state index contributed by atoms with van der Waals surface area (Å²) in [7, 11) is 1.55. The maximum atomic E-state index is 13.1. The Labute approximate surface area is 180 Å². The topological polar surface area (TPSA) is 87.7 Å². The van der Waals surface area contributed by atoms with Crippen LogP contribution in [0.2, 0.25) is 0 Å². The van der Waals surface area contributed by atoms with Crippen LogP contribution < -0.4 is 15.4 Å². The zero-order valence-electron chi connectivity index (χ0n) is 17.7. The number of amides is 3. The van der Waals surface area contributed by atoms with Gasteiger partial charge in [0.2, 0.25) is 11.8 Å². The quantitative estimate of drug-likeness (QED) is 0.756. The van der Waals surface area contributed by atoms with Crippen molar-refractivity contribution in [3.8, 4) is 5.75 Å². The predicted octanol–water partition coefficient (Wildman–Crippen LogP) is 3.82. The Morgan fingerprint density at radius 2 is 1.77 bits per heavy atom. The molecule has 0 saturated carbocycles. The highest BCUT2D eigenvalue weighted by Crippen LogP contribution is 2.35. The van der Waals surface area contributed by atoms with Crippen LogP contribution in [0.4, 0.5) is 10.7 Å². The highest BCUT2D eigenvalue weighted by Gasteiger charge is 2.28. The first kappa shape index (κ1) is 21.8. The number of para-hydroxylation sites is 2. The Bertz CT molecular complexity index is 961. The number of piperidine rings is 1. The van der Waals surface area contributed by atoms with Crippen LogP contribution in [0.3, 0.4) is 0 Å². The second kappa shape index (κ2) is 9.30. The molecule has 1 saturated heterocycles. The Balaban J connectivity index is 1.75. The second-order valence-electron chi connectivity index (χ2n) is 7.41. The van der Waals surface area contributed by atoms with Gasteiger partial charge in [-0.05, 0) is 44.4 Å². The van der Waals surface area contributed by atoms with E-state index in [-0.39, 0.29) is 23.6 Å². The van der Waals surface area contributed by atoms with Gasteiger partial charge in [-0.3, -0.25) is 14.4 Å². The SMILES string of the molecule is COc1ccccc1NC(=O)c1c(NC(=O)C2CCN(C(C)=O)CC2)sc(C)c1C. The molecule has 1 aliphatic rings. The lowest BCUT2D eigenvalue weighted by Crippen LogP contribution is -2.40. The van der Waals surface area contributed by atoms with Crippen molar-refractivity contribution in [2.45, 2.75) is 33.6 Å². The molecule has 0 aliphatic carbocycles. The smallest absolute Gasteiger partial charge is 0.259 e. The molecular weight excluding hydrogens is 402 g/mol. The van der Waals surface area contributed by atoms with E-state index >= 15 is 0 Å². The molecule has 8 heteroatoms. The molecule has 2 aromatic rings. The third-order valence-corrected chi connectivity index (χ3v) is 6.64. The van der Waals surface area contributed by atoms with Crippen LogP contribution >= 0.6 is 11.3 Å². The largest absolute Gasteiger partial charge is 0.495 e. The highest BCUT2D eigenvalue weighted by atomic mass is 32.1. The molecule has 1 aliphatic heterocycles. The monoisotopic (exact) mass is 429 g/mol. The van der Waals surface area contributed by atoms with E-state index in [0.29, 0.717) is 47.9 Å². The first-order valence-corrected chi connectivity index (χ1v) is 10.7. The molecule has 7 nitrogen and oxygen atoms in total. The average molecular weight is 430 g/mol. The summed E-state index contributed by atoms with van der Waals surface area (Å²) >= 11 is 1.40. The minimum Gasteiger partial charge on any atom is -0.495 e. The molecule has 1 fully saturated rings. The maximum Gasteiger partial charge on any atom is 0.259 e. The van der Waals surface area contributed by atoms with Crippen molar-refractivity contribution >= 4 is 39.7 Å². The number of methoxy groups -OCH3 is 1. The predicted molar refractivity (Wildman–Crippen MR) is 118 cm³/mol. The Morgan fingerprint density at radius 1 is 1.10 bits per heavy atom. The van der Waals surface area contributed by atoms with Crippen molar-refractivity contribution in [3.05, 3.63) is 40.3 Å².